The quantitative estimate of drug-likeness (QED) is 0.742. The van der Waals surface area contributed by atoms with E-state index in [2.05, 4.69) is 10.6 Å². The summed E-state index contributed by atoms with van der Waals surface area (Å²) in [4.78, 5) is 23.4. The summed E-state index contributed by atoms with van der Waals surface area (Å²) in [5, 5.41) is 15.6. The van der Waals surface area contributed by atoms with Gasteiger partial charge in [-0.15, -0.1) is 0 Å². The summed E-state index contributed by atoms with van der Waals surface area (Å²) in [6.07, 6.45) is 0.162. The standard InChI is InChI=1S/C16H26N2O4/c1-11-6-7-12(22-11)16(5,21)10-18-13(19)8-9-17-14(20)15(2,3)4/h6-7,21H,8-10H2,1-5H3,(H,17,20)(H,18,19). The molecule has 0 spiro atoms. The Balaban J connectivity index is 2.36. The number of amides is 2. The topological polar surface area (TPSA) is 91.6 Å². The average Bonchev–Trinajstić information content (AvgIpc) is 2.83. The van der Waals surface area contributed by atoms with Crippen molar-refractivity contribution < 1.29 is 19.1 Å². The van der Waals surface area contributed by atoms with Crippen LogP contribution < -0.4 is 10.6 Å². The fraction of sp³-hybridized carbons (Fsp3) is 0.625. The molecule has 0 radical (unpaired) electrons. The Morgan fingerprint density at radius 1 is 1.18 bits per heavy atom. The molecule has 1 unspecified atom stereocenters. The molecule has 0 fully saturated rings. The van der Waals surface area contributed by atoms with Gasteiger partial charge in [-0.05, 0) is 26.0 Å². The lowest BCUT2D eigenvalue weighted by Gasteiger charge is -2.21. The average molecular weight is 310 g/mol. The van der Waals surface area contributed by atoms with Crippen LogP contribution in [-0.4, -0.2) is 30.0 Å². The first-order valence-electron chi connectivity index (χ1n) is 7.37. The smallest absolute Gasteiger partial charge is 0.225 e. The molecular weight excluding hydrogens is 284 g/mol. The molecule has 22 heavy (non-hydrogen) atoms. The van der Waals surface area contributed by atoms with Gasteiger partial charge in [-0.25, -0.2) is 0 Å². The van der Waals surface area contributed by atoms with Gasteiger partial charge in [-0.2, -0.15) is 0 Å². The van der Waals surface area contributed by atoms with Crippen LogP contribution in [0.3, 0.4) is 0 Å². The Kier molecular flexibility index (Phi) is 5.77. The molecule has 1 heterocycles. The maximum atomic E-state index is 11.8. The third-order valence-electron chi connectivity index (χ3n) is 3.22. The second-order valence-corrected chi connectivity index (χ2v) is 6.72. The van der Waals surface area contributed by atoms with Crippen molar-refractivity contribution >= 4 is 11.8 Å². The number of rotatable bonds is 6. The second-order valence-electron chi connectivity index (χ2n) is 6.72. The van der Waals surface area contributed by atoms with Gasteiger partial charge in [0.1, 0.15) is 17.1 Å². The predicted molar refractivity (Wildman–Crippen MR) is 83.1 cm³/mol. The number of nitrogens with one attached hydrogen (secondary N) is 2. The molecule has 1 atom stereocenters. The van der Waals surface area contributed by atoms with Gasteiger partial charge >= 0.3 is 0 Å². The summed E-state index contributed by atoms with van der Waals surface area (Å²) in [6.45, 7) is 9.11. The van der Waals surface area contributed by atoms with Crippen molar-refractivity contribution in [2.24, 2.45) is 5.41 Å². The van der Waals surface area contributed by atoms with Gasteiger partial charge in [0.15, 0.2) is 0 Å². The number of hydrogen-bond donors (Lipinski definition) is 3. The molecule has 1 rings (SSSR count). The first kappa shape index (κ1) is 18.2. The van der Waals surface area contributed by atoms with Crippen molar-refractivity contribution in [2.75, 3.05) is 13.1 Å². The molecule has 1 aromatic heterocycles. The normalized spacial score (nSPS) is 14.3. The summed E-state index contributed by atoms with van der Waals surface area (Å²) in [6, 6.07) is 3.44. The van der Waals surface area contributed by atoms with Gasteiger partial charge in [0, 0.05) is 18.4 Å². The molecule has 2 amide bonds. The number of aryl methyl sites for hydroxylation is 1. The van der Waals surface area contributed by atoms with Gasteiger partial charge in [0.05, 0.1) is 6.54 Å². The lowest BCUT2D eigenvalue weighted by Crippen LogP contribution is -2.40. The SMILES string of the molecule is Cc1ccc(C(C)(O)CNC(=O)CCNC(=O)C(C)(C)C)o1. The summed E-state index contributed by atoms with van der Waals surface area (Å²) in [5.41, 5.74) is -1.74. The van der Waals surface area contributed by atoms with Gasteiger partial charge in [0.2, 0.25) is 11.8 Å². The van der Waals surface area contributed by atoms with Gasteiger partial charge in [-0.3, -0.25) is 9.59 Å². The zero-order valence-corrected chi connectivity index (χ0v) is 13.9. The minimum atomic E-state index is -1.27. The molecule has 6 nitrogen and oxygen atoms in total. The van der Waals surface area contributed by atoms with E-state index in [9.17, 15) is 14.7 Å². The van der Waals surface area contributed by atoms with E-state index < -0.39 is 11.0 Å². The van der Waals surface area contributed by atoms with Crippen LogP contribution in [0, 0.1) is 12.3 Å². The van der Waals surface area contributed by atoms with Crippen LogP contribution in [0.15, 0.2) is 16.5 Å². The van der Waals surface area contributed by atoms with Crippen LogP contribution in [0.25, 0.3) is 0 Å². The van der Waals surface area contributed by atoms with Crippen LogP contribution in [0.1, 0.15) is 45.6 Å². The molecule has 0 saturated heterocycles. The minimum absolute atomic E-state index is 0.0476. The van der Waals surface area contributed by atoms with Crippen molar-refractivity contribution in [2.45, 2.75) is 46.6 Å². The first-order valence-corrected chi connectivity index (χ1v) is 7.37. The van der Waals surface area contributed by atoms with Gasteiger partial charge in [0.25, 0.3) is 0 Å². The molecule has 1 aromatic rings. The number of hydrogen-bond acceptors (Lipinski definition) is 4. The zero-order chi connectivity index (χ0) is 17.0. The Bertz CT molecular complexity index is 526. The van der Waals surface area contributed by atoms with Gasteiger partial charge < -0.3 is 20.2 Å². The van der Waals surface area contributed by atoms with Crippen LogP contribution in [-0.2, 0) is 15.2 Å². The molecule has 0 aliphatic carbocycles. The lowest BCUT2D eigenvalue weighted by molar-refractivity contribution is -0.128. The summed E-state index contributed by atoms with van der Waals surface area (Å²) in [5.74, 6) is 0.772. The van der Waals surface area contributed by atoms with E-state index in [0.29, 0.717) is 11.5 Å². The van der Waals surface area contributed by atoms with Crippen LogP contribution >= 0.6 is 0 Å². The predicted octanol–water partition coefficient (Wildman–Crippen LogP) is 1.46. The summed E-state index contributed by atoms with van der Waals surface area (Å²) >= 11 is 0. The van der Waals surface area contributed by atoms with Crippen molar-refractivity contribution in [1.29, 1.82) is 0 Å². The Morgan fingerprint density at radius 3 is 2.32 bits per heavy atom. The highest BCUT2D eigenvalue weighted by molar-refractivity contribution is 5.82. The number of carbonyl (C=O) groups is 2. The number of furan rings is 1. The van der Waals surface area contributed by atoms with Crippen LogP contribution in [0.5, 0.6) is 0 Å². The van der Waals surface area contributed by atoms with Gasteiger partial charge in [-0.1, -0.05) is 20.8 Å². The molecule has 0 aliphatic heterocycles. The molecule has 0 bridgehead atoms. The van der Waals surface area contributed by atoms with E-state index >= 15 is 0 Å². The fourth-order valence-electron chi connectivity index (χ4n) is 1.72. The molecule has 0 aromatic carbocycles. The van der Waals surface area contributed by atoms with E-state index in [4.69, 9.17) is 4.42 Å². The first-order chi connectivity index (χ1) is 10.0. The lowest BCUT2D eigenvalue weighted by atomic mass is 9.96. The van der Waals surface area contributed by atoms with Crippen molar-refractivity contribution in [1.82, 2.24) is 10.6 Å². The minimum Gasteiger partial charge on any atom is -0.463 e. The Morgan fingerprint density at radius 2 is 1.82 bits per heavy atom. The maximum Gasteiger partial charge on any atom is 0.225 e. The Hall–Kier alpha value is -1.82. The number of aliphatic hydroxyl groups is 1. The third-order valence-corrected chi connectivity index (χ3v) is 3.22. The molecule has 124 valence electrons. The monoisotopic (exact) mass is 310 g/mol. The van der Waals surface area contributed by atoms with E-state index in [1.54, 1.807) is 26.0 Å². The third kappa shape index (κ3) is 5.52. The van der Waals surface area contributed by atoms with Crippen molar-refractivity contribution in [3.05, 3.63) is 23.7 Å². The summed E-state index contributed by atoms with van der Waals surface area (Å²) < 4.78 is 5.37. The highest BCUT2D eigenvalue weighted by Crippen LogP contribution is 2.21. The maximum absolute atomic E-state index is 11.8. The molecule has 0 aliphatic rings. The van der Waals surface area contributed by atoms with E-state index in [1.165, 1.54) is 0 Å². The molecular formula is C16H26N2O4. The fourth-order valence-corrected chi connectivity index (χ4v) is 1.72. The number of carbonyl (C=O) groups excluding carboxylic acids is 2. The zero-order valence-electron chi connectivity index (χ0n) is 13.9. The highest BCUT2D eigenvalue weighted by Gasteiger charge is 2.27. The van der Waals surface area contributed by atoms with E-state index in [1.807, 2.05) is 20.8 Å². The van der Waals surface area contributed by atoms with Crippen molar-refractivity contribution in [3.8, 4) is 0 Å². The highest BCUT2D eigenvalue weighted by atomic mass is 16.4. The van der Waals surface area contributed by atoms with Crippen LogP contribution in [0.4, 0.5) is 0 Å². The second kappa shape index (κ2) is 6.96. The van der Waals surface area contributed by atoms with E-state index in [0.717, 1.165) is 0 Å². The Labute approximate surface area is 131 Å². The molecule has 3 N–H and O–H groups in total. The molecule has 6 heteroatoms. The molecule has 0 saturated carbocycles. The largest absolute Gasteiger partial charge is 0.463 e. The summed E-state index contributed by atoms with van der Waals surface area (Å²) in [7, 11) is 0. The van der Waals surface area contributed by atoms with Crippen LogP contribution in [0.2, 0.25) is 0 Å². The van der Waals surface area contributed by atoms with Crippen molar-refractivity contribution in [3.63, 3.8) is 0 Å². The van der Waals surface area contributed by atoms with E-state index in [-0.39, 0.29) is 31.3 Å².